The van der Waals surface area contributed by atoms with Gasteiger partial charge in [-0.25, -0.2) is 0 Å². The van der Waals surface area contributed by atoms with E-state index < -0.39 is 11.4 Å². The summed E-state index contributed by atoms with van der Waals surface area (Å²) < 4.78 is 10.8. The molecule has 0 radical (unpaired) electrons. The summed E-state index contributed by atoms with van der Waals surface area (Å²) in [6, 6.07) is 0. The molecule has 1 N–H and O–H groups in total. The molecule has 0 aromatic heterocycles. The number of hydrogen-bond acceptors (Lipinski definition) is 3. The minimum absolute atomic E-state index is 0.315. The quantitative estimate of drug-likeness (QED) is 0.633. The maximum Gasteiger partial charge on any atom is 0.163 e. The predicted octanol–water partition coefficient (Wildman–Crippen LogP) is 1.07. The molecule has 2 atom stereocenters. The van der Waals surface area contributed by atoms with E-state index in [1.807, 2.05) is 13.8 Å². The van der Waals surface area contributed by atoms with E-state index >= 15 is 0 Å². The van der Waals surface area contributed by atoms with Crippen molar-refractivity contribution in [2.24, 2.45) is 0 Å². The first-order chi connectivity index (χ1) is 5.37. The van der Waals surface area contributed by atoms with Gasteiger partial charge in [-0.2, -0.15) is 0 Å². The van der Waals surface area contributed by atoms with Gasteiger partial charge in [0, 0.05) is 0 Å². The molecule has 0 aromatic carbocycles. The zero-order chi connectivity index (χ0) is 9.41. The van der Waals surface area contributed by atoms with E-state index in [9.17, 15) is 5.11 Å². The van der Waals surface area contributed by atoms with Gasteiger partial charge >= 0.3 is 0 Å². The first-order valence-electron chi connectivity index (χ1n) is 4.05. The van der Waals surface area contributed by atoms with Gasteiger partial charge < -0.3 is 14.6 Å². The lowest BCUT2D eigenvalue weighted by atomic mass is 10.0. The summed E-state index contributed by atoms with van der Waals surface area (Å²) in [5.41, 5.74) is -1.01. The molecule has 3 nitrogen and oxygen atoms in total. The van der Waals surface area contributed by atoms with Gasteiger partial charge in [-0.15, -0.1) is 6.58 Å². The Bertz CT molecular complexity index is 184. The van der Waals surface area contributed by atoms with Crippen LogP contribution in [0.25, 0.3) is 0 Å². The number of hydrogen-bond donors (Lipinski definition) is 1. The molecule has 0 unspecified atom stereocenters. The Morgan fingerprint density at radius 2 is 2.25 bits per heavy atom. The van der Waals surface area contributed by atoms with E-state index in [0.29, 0.717) is 6.61 Å². The average molecular weight is 172 g/mol. The molecule has 1 heterocycles. The SMILES string of the molecule is C=C[C@@](C)(O)[C@H]1COC(C)(C)O1. The Balaban J connectivity index is 2.63. The van der Waals surface area contributed by atoms with Crippen LogP contribution in [0.1, 0.15) is 20.8 Å². The summed E-state index contributed by atoms with van der Waals surface area (Å²) in [6.45, 7) is 9.26. The molecule has 70 valence electrons. The summed E-state index contributed by atoms with van der Waals surface area (Å²) in [5.74, 6) is -0.586. The second-order valence-corrected chi connectivity index (χ2v) is 3.75. The van der Waals surface area contributed by atoms with Crippen molar-refractivity contribution < 1.29 is 14.6 Å². The Hall–Kier alpha value is -0.380. The van der Waals surface area contributed by atoms with Crippen LogP contribution in [-0.4, -0.2) is 29.2 Å². The van der Waals surface area contributed by atoms with Gasteiger partial charge in [0.1, 0.15) is 11.7 Å². The molecule has 0 aliphatic carbocycles. The van der Waals surface area contributed by atoms with E-state index in [1.54, 1.807) is 6.92 Å². The Labute approximate surface area is 73.0 Å². The topological polar surface area (TPSA) is 38.7 Å². The van der Waals surface area contributed by atoms with Crippen molar-refractivity contribution in [2.45, 2.75) is 38.3 Å². The van der Waals surface area contributed by atoms with Gasteiger partial charge in [0.25, 0.3) is 0 Å². The van der Waals surface area contributed by atoms with E-state index in [2.05, 4.69) is 6.58 Å². The van der Waals surface area contributed by atoms with E-state index in [4.69, 9.17) is 9.47 Å². The molecule has 0 aromatic rings. The monoisotopic (exact) mass is 172 g/mol. The largest absolute Gasteiger partial charge is 0.383 e. The van der Waals surface area contributed by atoms with Crippen LogP contribution in [0.4, 0.5) is 0 Å². The fourth-order valence-electron chi connectivity index (χ4n) is 1.11. The van der Waals surface area contributed by atoms with Crippen molar-refractivity contribution in [3.05, 3.63) is 12.7 Å². The Morgan fingerprint density at radius 3 is 2.58 bits per heavy atom. The molecule has 0 saturated carbocycles. The molecule has 0 amide bonds. The van der Waals surface area contributed by atoms with Crippen molar-refractivity contribution >= 4 is 0 Å². The second-order valence-electron chi connectivity index (χ2n) is 3.75. The maximum absolute atomic E-state index is 9.73. The summed E-state index contributed by atoms with van der Waals surface area (Å²) in [6.07, 6.45) is 1.16. The maximum atomic E-state index is 9.73. The zero-order valence-electron chi connectivity index (χ0n) is 7.83. The highest BCUT2D eigenvalue weighted by Gasteiger charge is 2.41. The van der Waals surface area contributed by atoms with Crippen LogP contribution < -0.4 is 0 Å². The lowest BCUT2D eigenvalue weighted by Crippen LogP contribution is -2.39. The standard InChI is InChI=1S/C9H16O3/c1-5-9(4,10)7-6-11-8(2,3)12-7/h5,7,10H,1,6H2,2-4H3/t7-,9-/m1/s1. The molecular formula is C9H16O3. The molecule has 1 fully saturated rings. The van der Waals surface area contributed by atoms with Crippen molar-refractivity contribution in [1.29, 1.82) is 0 Å². The molecule has 1 saturated heterocycles. The van der Waals surface area contributed by atoms with E-state index in [0.717, 1.165) is 0 Å². The molecule has 0 bridgehead atoms. The molecular weight excluding hydrogens is 156 g/mol. The highest BCUT2D eigenvalue weighted by atomic mass is 16.7. The first kappa shape index (κ1) is 9.71. The third kappa shape index (κ3) is 1.86. The van der Waals surface area contributed by atoms with Crippen LogP contribution in [0, 0.1) is 0 Å². The van der Waals surface area contributed by atoms with Crippen LogP contribution >= 0.6 is 0 Å². The van der Waals surface area contributed by atoms with Crippen molar-refractivity contribution in [2.75, 3.05) is 6.61 Å². The molecule has 0 spiro atoms. The minimum Gasteiger partial charge on any atom is -0.383 e. The van der Waals surface area contributed by atoms with Gasteiger partial charge in [-0.05, 0) is 20.8 Å². The third-order valence-electron chi connectivity index (χ3n) is 2.07. The summed E-state index contributed by atoms with van der Waals surface area (Å²) in [4.78, 5) is 0. The zero-order valence-corrected chi connectivity index (χ0v) is 7.83. The number of ether oxygens (including phenoxy) is 2. The fraction of sp³-hybridized carbons (Fsp3) is 0.778. The Morgan fingerprint density at radius 1 is 1.67 bits per heavy atom. The van der Waals surface area contributed by atoms with Gasteiger partial charge in [-0.1, -0.05) is 6.08 Å². The lowest BCUT2D eigenvalue weighted by molar-refractivity contribution is -0.158. The van der Waals surface area contributed by atoms with Crippen LogP contribution in [0.5, 0.6) is 0 Å². The molecule has 1 aliphatic rings. The smallest absolute Gasteiger partial charge is 0.163 e. The predicted molar refractivity (Wildman–Crippen MR) is 45.7 cm³/mol. The van der Waals surface area contributed by atoms with Crippen LogP contribution in [-0.2, 0) is 9.47 Å². The molecule has 1 aliphatic heterocycles. The summed E-state index contributed by atoms with van der Waals surface area (Å²) in [7, 11) is 0. The highest BCUT2D eigenvalue weighted by molar-refractivity contribution is 5.00. The summed E-state index contributed by atoms with van der Waals surface area (Å²) >= 11 is 0. The lowest BCUT2D eigenvalue weighted by Gasteiger charge is -2.26. The first-order valence-corrected chi connectivity index (χ1v) is 4.05. The van der Waals surface area contributed by atoms with Crippen molar-refractivity contribution in [1.82, 2.24) is 0 Å². The Kier molecular flexibility index (Phi) is 2.29. The number of rotatable bonds is 2. The van der Waals surface area contributed by atoms with E-state index in [-0.39, 0.29) is 6.10 Å². The van der Waals surface area contributed by atoms with Crippen molar-refractivity contribution in [3.63, 3.8) is 0 Å². The fourth-order valence-corrected chi connectivity index (χ4v) is 1.11. The van der Waals surface area contributed by atoms with Gasteiger partial charge in [0.2, 0.25) is 0 Å². The third-order valence-corrected chi connectivity index (χ3v) is 2.07. The van der Waals surface area contributed by atoms with Crippen LogP contribution in [0.2, 0.25) is 0 Å². The van der Waals surface area contributed by atoms with Crippen molar-refractivity contribution in [3.8, 4) is 0 Å². The van der Waals surface area contributed by atoms with Crippen LogP contribution in [0.3, 0.4) is 0 Å². The van der Waals surface area contributed by atoms with Gasteiger partial charge in [-0.3, -0.25) is 0 Å². The number of aliphatic hydroxyl groups is 1. The molecule has 12 heavy (non-hydrogen) atoms. The van der Waals surface area contributed by atoms with E-state index in [1.165, 1.54) is 6.08 Å². The molecule has 1 rings (SSSR count). The van der Waals surface area contributed by atoms with Crippen LogP contribution in [0.15, 0.2) is 12.7 Å². The molecule has 3 heteroatoms. The normalized spacial score (nSPS) is 32.8. The van der Waals surface area contributed by atoms with Gasteiger partial charge in [0.05, 0.1) is 6.61 Å². The van der Waals surface area contributed by atoms with Gasteiger partial charge in [0.15, 0.2) is 5.79 Å². The highest BCUT2D eigenvalue weighted by Crippen LogP contribution is 2.29. The average Bonchev–Trinajstić information content (AvgIpc) is 2.31. The second kappa shape index (κ2) is 2.83. The minimum atomic E-state index is -1.01. The summed E-state index contributed by atoms with van der Waals surface area (Å²) in [5, 5.41) is 9.73.